The molecule has 1 rings (SSSR count). The van der Waals surface area contributed by atoms with Gasteiger partial charge in [0.15, 0.2) is 0 Å². The van der Waals surface area contributed by atoms with Crippen LogP contribution in [-0.2, 0) is 13.5 Å². The van der Waals surface area contributed by atoms with Gasteiger partial charge < -0.3 is 0 Å². The van der Waals surface area contributed by atoms with Crippen LogP contribution in [0.4, 0.5) is 0 Å². The van der Waals surface area contributed by atoms with Gasteiger partial charge in [0.1, 0.15) is 0 Å². The van der Waals surface area contributed by atoms with Crippen molar-refractivity contribution in [2.45, 2.75) is 46.1 Å². The first-order valence-corrected chi connectivity index (χ1v) is 6.07. The molecule has 0 fully saturated rings. The molecule has 1 aromatic rings. The van der Waals surface area contributed by atoms with E-state index in [-0.39, 0.29) is 6.04 Å². The van der Waals surface area contributed by atoms with Gasteiger partial charge in [0.05, 0.1) is 5.69 Å². The molecule has 0 aliphatic carbocycles. The first kappa shape index (κ1) is 13.2. The molecule has 1 atom stereocenters. The van der Waals surface area contributed by atoms with Gasteiger partial charge in [-0.1, -0.05) is 20.8 Å². The van der Waals surface area contributed by atoms with Crippen LogP contribution >= 0.6 is 0 Å². The number of aryl methyl sites for hydroxylation is 2. The third kappa shape index (κ3) is 3.32. The van der Waals surface area contributed by atoms with Crippen LogP contribution in [0.1, 0.15) is 50.9 Å². The Balaban J connectivity index is 2.77. The number of nitrogens with one attached hydrogen (secondary N) is 1. The highest BCUT2D eigenvalue weighted by atomic mass is 15.3. The van der Waals surface area contributed by atoms with Gasteiger partial charge in [0.25, 0.3) is 0 Å². The number of hydrogen-bond acceptors (Lipinski definition) is 3. The third-order valence-electron chi connectivity index (χ3n) is 2.88. The molecule has 0 radical (unpaired) electrons. The van der Waals surface area contributed by atoms with Gasteiger partial charge in [-0.15, -0.1) is 0 Å². The maximum Gasteiger partial charge on any atom is 0.0670 e. The second-order valence-corrected chi connectivity index (χ2v) is 4.75. The van der Waals surface area contributed by atoms with E-state index in [1.807, 2.05) is 11.7 Å². The Morgan fingerprint density at radius 3 is 2.62 bits per heavy atom. The quantitative estimate of drug-likeness (QED) is 0.573. The fourth-order valence-corrected chi connectivity index (χ4v) is 1.95. The van der Waals surface area contributed by atoms with Crippen molar-refractivity contribution in [3.8, 4) is 0 Å². The Morgan fingerprint density at radius 2 is 2.12 bits per heavy atom. The average molecular weight is 224 g/mol. The predicted octanol–water partition coefficient (Wildman–Crippen LogP) is 1.92. The molecule has 0 aliphatic heterocycles. The summed E-state index contributed by atoms with van der Waals surface area (Å²) in [6.45, 7) is 6.59. The summed E-state index contributed by atoms with van der Waals surface area (Å²) in [6.07, 6.45) is 5.26. The van der Waals surface area contributed by atoms with Crippen LogP contribution in [0.15, 0.2) is 6.20 Å². The Morgan fingerprint density at radius 1 is 1.44 bits per heavy atom. The molecule has 1 heterocycles. The number of rotatable bonds is 6. The Labute approximate surface area is 98.2 Å². The zero-order chi connectivity index (χ0) is 12.1. The summed E-state index contributed by atoms with van der Waals surface area (Å²) in [5.74, 6) is 6.34. The molecule has 0 saturated carbocycles. The van der Waals surface area contributed by atoms with E-state index in [1.165, 1.54) is 12.0 Å². The molecule has 16 heavy (non-hydrogen) atoms. The lowest BCUT2D eigenvalue weighted by atomic mass is 9.98. The molecule has 92 valence electrons. The first-order chi connectivity index (χ1) is 7.58. The number of hydrazine groups is 1. The molecule has 1 unspecified atom stereocenters. The lowest BCUT2D eigenvalue weighted by Gasteiger charge is -2.16. The van der Waals surface area contributed by atoms with Gasteiger partial charge in [0.2, 0.25) is 0 Å². The van der Waals surface area contributed by atoms with Crippen molar-refractivity contribution in [2.24, 2.45) is 18.8 Å². The molecule has 0 amide bonds. The Bertz CT molecular complexity index is 317. The Hall–Kier alpha value is -0.870. The minimum Gasteiger partial charge on any atom is -0.275 e. The van der Waals surface area contributed by atoms with Gasteiger partial charge in [-0.25, -0.2) is 0 Å². The van der Waals surface area contributed by atoms with Crippen LogP contribution in [0.25, 0.3) is 0 Å². The van der Waals surface area contributed by atoms with Crippen molar-refractivity contribution >= 4 is 0 Å². The Kier molecular flexibility index (Phi) is 4.96. The molecule has 0 aliphatic rings. The van der Waals surface area contributed by atoms with E-state index in [0.29, 0.717) is 5.92 Å². The first-order valence-electron chi connectivity index (χ1n) is 6.07. The van der Waals surface area contributed by atoms with Crippen molar-refractivity contribution in [1.29, 1.82) is 0 Å². The van der Waals surface area contributed by atoms with E-state index >= 15 is 0 Å². The van der Waals surface area contributed by atoms with Crippen LogP contribution < -0.4 is 11.3 Å². The number of nitrogens with zero attached hydrogens (tertiary/aromatic N) is 2. The second-order valence-electron chi connectivity index (χ2n) is 4.75. The summed E-state index contributed by atoms with van der Waals surface area (Å²) in [5.41, 5.74) is 5.30. The molecule has 0 aromatic carbocycles. The summed E-state index contributed by atoms with van der Waals surface area (Å²) in [4.78, 5) is 0. The normalized spacial score (nSPS) is 13.4. The molecule has 1 aromatic heterocycles. The van der Waals surface area contributed by atoms with Crippen LogP contribution in [0.3, 0.4) is 0 Å². The van der Waals surface area contributed by atoms with Crippen molar-refractivity contribution in [3.05, 3.63) is 17.5 Å². The molecular weight excluding hydrogens is 200 g/mol. The summed E-state index contributed by atoms with van der Waals surface area (Å²) in [6, 6.07) is 0.228. The van der Waals surface area contributed by atoms with Crippen molar-refractivity contribution in [1.82, 2.24) is 15.2 Å². The predicted molar refractivity (Wildman–Crippen MR) is 66.7 cm³/mol. The van der Waals surface area contributed by atoms with Gasteiger partial charge in [-0.2, -0.15) is 5.10 Å². The topological polar surface area (TPSA) is 55.9 Å². The maximum absolute atomic E-state index is 5.64. The number of aromatic nitrogens is 2. The second kappa shape index (κ2) is 6.01. The highest BCUT2D eigenvalue weighted by Gasteiger charge is 2.16. The monoisotopic (exact) mass is 224 g/mol. The van der Waals surface area contributed by atoms with Gasteiger partial charge >= 0.3 is 0 Å². The summed E-state index contributed by atoms with van der Waals surface area (Å²) in [7, 11) is 1.96. The zero-order valence-electron chi connectivity index (χ0n) is 10.8. The molecule has 4 heteroatoms. The van der Waals surface area contributed by atoms with E-state index in [9.17, 15) is 0 Å². The lowest BCUT2D eigenvalue weighted by Crippen LogP contribution is -2.28. The van der Waals surface area contributed by atoms with Crippen LogP contribution in [-0.4, -0.2) is 9.78 Å². The highest BCUT2D eigenvalue weighted by Crippen LogP contribution is 2.23. The van der Waals surface area contributed by atoms with E-state index in [4.69, 9.17) is 5.84 Å². The summed E-state index contributed by atoms with van der Waals surface area (Å²) in [5, 5.41) is 4.45. The van der Waals surface area contributed by atoms with Gasteiger partial charge in [-0.3, -0.25) is 16.0 Å². The fraction of sp³-hybridized carbons (Fsp3) is 0.750. The zero-order valence-corrected chi connectivity index (χ0v) is 10.8. The smallest absolute Gasteiger partial charge is 0.0670 e. The molecule has 0 spiro atoms. The SMILES string of the molecule is CCc1nn(C)cc1C(CCC(C)C)NN. The molecule has 0 saturated heterocycles. The van der Waals surface area contributed by atoms with Gasteiger partial charge in [-0.05, 0) is 25.2 Å². The van der Waals surface area contributed by atoms with Gasteiger partial charge in [0, 0.05) is 24.8 Å². The van der Waals surface area contributed by atoms with E-state index in [2.05, 4.69) is 37.5 Å². The molecular formula is C12H24N4. The largest absolute Gasteiger partial charge is 0.275 e. The third-order valence-corrected chi connectivity index (χ3v) is 2.88. The van der Waals surface area contributed by atoms with Crippen LogP contribution in [0.2, 0.25) is 0 Å². The van der Waals surface area contributed by atoms with Crippen LogP contribution in [0.5, 0.6) is 0 Å². The maximum atomic E-state index is 5.64. The van der Waals surface area contributed by atoms with Crippen molar-refractivity contribution in [2.75, 3.05) is 0 Å². The van der Waals surface area contributed by atoms with E-state index in [1.54, 1.807) is 0 Å². The van der Waals surface area contributed by atoms with Crippen molar-refractivity contribution in [3.63, 3.8) is 0 Å². The minimum absolute atomic E-state index is 0.228. The summed E-state index contributed by atoms with van der Waals surface area (Å²) >= 11 is 0. The highest BCUT2D eigenvalue weighted by molar-refractivity contribution is 5.21. The standard InChI is InChI=1S/C12H24N4/c1-5-11-10(8-16(4)15-11)12(14-13)7-6-9(2)3/h8-9,12,14H,5-7,13H2,1-4H3. The minimum atomic E-state index is 0.228. The molecule has 4 nitrogen and oxygen atoms in total. The van der Waals surface area contributed by atoms with Crippen molar-refractivity contribution < 1.29 is 0 Å². The number of hydrogen-bond donors (Lipinski definition) is 2. The average Bonchev–Trinajstić information content (AvgIpc) is 2.60. The molecule has 0 bridgehead atoms. The fourth-order valence-electron chi connectivity index (χ4n) is 1.95. The molecule has 3 N–H and O–H groups in total. The van der Waals surface area contributed by atoms with Crippen LogP contribution in [0, 0.1) is 5.92 Å². The van der Waals surface area contributed by atoms with E-state index < -0.39 is 0 Å². The number of nitrogens with two attached hydrogens (primary N) is 1. The lowest BCUT2D eigenvalue weighted by molar-refractivity contribution is 0.446. The summed E-state index contributed by atoms with van der Waals surface area (Å²) < 4.78 is 1.87. The van der Waals surface area contributed by atoms with E-state index in [0.717, 1.165) is 18.5 Å².